The number of carbonyl (C=O) groups is 1. The molecule has 0 N–H and O–H groups in total. The molecule has 1 atom stereocenters. The number of carbonyl (C=O) groups excluding carboxylic acids is 1. The van der Waals surface area contributed by atoms with E-state index in [4.69, 9.17) is 0 Å². The smallest absolute Gasteiger partial charge is 0.278 e. The van der Waals surface area contributed by atoms with Crippen LogP contribution in [0, 0.1) is 0 Å². The summed E-state index contributed by atoms with van der Waals surface area (Å²) in [7, 11) is -1.53. The van der Waals surface area contributed by atoms with Crippen molar-refractivity contribution >= 4 is 26.6 Å². The third-order valence-electron chi connectivity index (χ3n) is 4.06. The highest BCUT2D eigenvalue weighted by Gasteiger charge is 2.32. The average molecular weight is 336 g/mol. The molecule has 1 aliphatic rings. The summed E-state index contributed by atoms with van der Waals surface area (Å²) in [5.41, 5.74) is 0.0767. The van der Waals surface area contributed by atoms with Crippen LogP contribution in [0.3, 0.4) is 0 Å². The molecule has 1 saturated heterocycles. The zero-order valence-electron chi connectivity index (χ0n) is 12.5. The molecule has 0 spiro atoms. The summed E-state index contributed by atoms with van der Waals surface area (Å²) >= 11 is 0. The number of hydrogen-bond donors (Lipinski definition) is 0. The molecule has 0 saturated carbocycles. The Bertz CT molecular complexity index is 922. The second-order valence-electron chi connectivity index (χ2n) is 5.63. The fourth-order valence-corrected chi connectivity index (χ4v) is 4.43. The summed E-state index contributed by atoms with van der Waals surface area (Å²) in [5.74, 6) is -0.308. The van der Waals surface area contributed by atoms with E-state index in [1.807, 2.05) is 0 Å². The van der Waals surface area contributed by atoms with Crippen LogP contribution in [0.5, 0.6) is 0 Å². The van der Waals surface area contributed by atoms with E-state index >= 15 is 0 Å². The van der Waals surface area contributed by atoms with E-state index in [2.05, 4.69) is 10.3 Å². The van der Waals surface area contributed by atoms with Crippen molar-refractivity contribution in [2.75, 3.05) is 18.6 Å². The van der Waals surface area contributed by atoms with Gasteiger partial charge in [0.25, 0.3) is 5.56 Å². The topological polar surface area (TPSA) is 102 Å². The first-order chi connectivity index (χ1) is 10.9. The fourth-order valence-electron chi connectivity index (χ4n) is 2.65. The summed E-state index contributed by atoms with van der Waals surface area (Å²) in [6.45, 7) is -0.260. The molecule has 1 fully saturated rings. The van der Waals surface area contributed by atoms with Crippen LogP contribution < -0.4 is 5.56 Å². The number of nitrogens with zero attached hydrogens (tertiary/aromatic N) is 4. The van der Waals surface area contributed by atoms with E-state index in [1.54, 1.807) is 31.3 Å². The maximum atomic E-state index is 12.3. The van der Waals surface area contributed by atoms with Gasteiger partial charge >= 0.3 is 0 Å². The Labute approximate surface area is 132 Å². The van der Waals surface area contributed by atoms with Crippen LogP contribution >= 0.6 is 0 Å². The van der Waals surface area contributed by atoms with Crippen molar-refractivity contribution in [1.82, 2.24) is 19.9 Å². The largest absolute Gasteiger partial charge is 0.340 e. The molecule has 1 amide bonds. The van der Waals surface area contributed by atoms with E-state index in [0.717, 1.165) is 4.68 Å². The van der Waals surface area contributed by atoms with Crippen molar-refractivity contribution in [1.29, 1.82) is 0 Å². The number of aromatic nitrogens is 3. The lowest BCUT2D eigenvalue weighted by atomic mass is 10.2. The van der Waals surface area contributed by atoms with Crippen LogP contribution in [0.2, 0.25) is 0 Å². The Balaban J connectivity index is 1.80. The summed E-state index contributed by atoms with van der Waals surface area (Å²) < 4.78 is 24.0. The molecule has 122 valence electrons. The SMILES string of the molecule is CN(C(=O)Cn1nnc2ccccc2c1=O)[C@@H]1CCS(=O)(=O)C1. The molecular formula is C14H16N4O4S. The fraction of sp³-hybridized carbons (Fsp3) is 0.429. The van der Waals surface area contributed by atoms with Gasteiger partial charge in [-0.3, -0.25) is 9.59 Å². The van der Waals surface area contributed by atoms with Gasteiger partial charge in [0.15, 0.2) is 9.84 Å². The number of hydrogen-bond acceptors (Lipinski definition) is 6. The van der Waals surface area contributed by atoms with Gasteiger partial charge in [-0.2, -0.15) is 0 Å². The highest BCUT2D eigenvalue weighted by Crippen LogP contribution is 2.16. The minimum absolute atomic E-state index is 0.0342. The highest BCUT2D eigenvalue weighted by atomic mass is 32.2. The molecular weight excluding hydrogens is 320 g/mol. The van der Waals surface area contributed by atoms with E-state index in [1.165, 1.54) is 4.90 Å². The number of rotatable bonds is 3. The number of amides is 1. The molecule has 1 aromatic carbocycles. The van der Waals surface area contributed by atoms with E-state index in [9.17, 15) is 18.0 Å². The van der Waals surface area contributed by atoms with Gasteiger partial charge in [0.1, 0.15) is 12.1 Å². The molecule has 0 aliphatic carbocycles. The number of likely N-dealkylation sites (N-methyl/N-ethyl adjacent to an activating group) is 1. The van der Waals surface area contributed by atoms with E-state index < -0.39 is 15.4 Å². The van der Waals surface area contributed by atoms with Crippen LogP contribution in [0.1, 0.15) is 6.42 Å². The van der Waals surface area contributed by atoms with Crippen molar-refractivity contribution in [2.45, 2.75) is 19.0 Å². The van der Waals surface area contributed by atoms with Crippen LogP contribution in [0.15, 0.2) is 29.1 Å². The summed E-state index contributed by atoms with van der Waals surface area (Å²) in [6.07, 6.45) is 0.420. The molecule has 8 nitrogen and oxygen atoms in total. The van der Waals surface area contributed by atoms with E-state index in [0.29, 0.717) is 17.3 Å². The molecule has 3 rings (SSSR count). The molecule has 0 bridgehead atoms. The normalized spacial score (nSPS) is 19.8. The quantitative estimate of drug-likeness (QED) is 0.744. The summed E-state index contributed by atoms with van der Waals surface area (Å²) in [5, 5.41) is 8.08. The second-order valence-corrected chi connectivity index (χ2v) is 7.86. The molecule has 1 aliphatic heterocycles. The second kappa shape index (κ2) is 5.73. The lowest BCUT2D eigenvalue weighted by Crippen LogP contribution is -2.41. The first-order valence-electron chi connectivity index (χ1n) is 7.16. The molecule has 0 unspecified atom stereocenters. The average Bonchev–Trinajstić information content (AvgIpc) is 2.89. The van der Waals surface area contributed by atoms with Gasteiger partial charge in [0, 0.05) is 13.1 Å². The molecule has 23 heavy (non-hydrogen) atoms. The Kier molecular flexibility index (Phi) is 3.88. The maximum Gasteiger partial charge on any atom is 0.278 e. The summed E-state index contributed by atoms with van der Waals surface area (Å²) in [4.78, 5) is 26.0. The van der Waals surface area contributed by atoms with Crippen LogP contribution in [-0.4, -0.2) is 58.8 Å². The third kappa shape index (κ3) is 3.09. The van der Waals surface area contributed by atoms with Gasteiger partial charge in [-0.1, -0.05) is 17.3 Å². The van der Waals surface area contributed by atoms with Crippen molar-refractivity contribution in [2.24, 2.45) is 0 Å². The number of sulfone groups is 1. The monoisotopic (exact) mass is 336 g/mol. The van der Waals surface area contributed by atoms with Gasteiger partial charge in [-0.15, -0.1) is 5.10 Å². The molecule has 9 heteroatoms. The van der Waals surface area contributed by atoms with Crippen LogP contribution in [0.25, 0.3) is 10.9 Å². The van der Waals surface area contributed by atoms with Crippen LogP contribution in [0.4, 0.5) is 0 Å². The molecule has 1 aromatic heterocycles. The number of fused-ring (bicyclic) bond motifs is 1. The third-order valence-corrected chi connectivity index (χ3v) is 5.81. The lowest BCUT2D eigenvalue weighted by molar-refractivity contribution is -0.132. The minimum Gasteiger partial charge on any atom is -0.340 e. The Hall–Kier alpha value is -2.29. The maximum absolute atomic E-state index is 12.3. The van der Waals surface area contributed by atoms with Gasteiger partial charge in [0.2, 0.25) is 5.91 Å². The minimum atomic E-state index is -3.07. The first kappa shape index (κ1) is 15.6. The van der Waals surface area contributed by atoms with Gasteiger partial charge in [0.05, 0.1) is 16.9 Å². The molecule has 2 aromatic rings. The number of benzene rings is 1. The lowest BCUT2D eigenvalue weighted by Gasteiger charge is -2.23. The highest BCUT2D eigenvalue weighted by molar-refractivity contribution is 7.91. The molecule has 0 radical (unpaired) electrons. The predicted molar refractivity (Wildman–Crippen MR) is 83.6 cm³/mol. The van der Waals surface area contributed by atoms with Crippen LogP contribution in [-0.2, 0) is 21.2 Å². The van der Waals surface area contributed by atoms with Crippen molar-refractivity contribution in [3.63, 3.8) is 0 Å². The van der Waals surface area contributed by atoms with E-state index in [-0.39, 0.29) is 30.0 Å². The molecule has 2 heterocycles. The Morgan fingerprint density at radius 3 is 2.83 bits per heavy atom. The first-order valence-corrected chi connectivity index (χ1v) is 8.98. The van der Waals surface area contributed by atoms with Crippen molar-refractivity contribution < 1.29 is 13.2 Å². The van der Waals surface area contributed by atoms with Gasteiger partial charge in [-0.05, 0) is 18.6 Å². The zero-order valence-corrected chi connectivity index (χ0v) is 13.4. The van der Waals surface area contributed by atoms with Crippen molar-refractivity contribution in [3.8, 4) is 0 Å². The van der Waals surface area contributed by atoms with Gasteiger partial charge < -0.3 is 4.90 Å². The Morgan fingerprint density at radius 2 is 2.13 bits per heavy atom. The van der Waals surface area contributed by atoms with Gasteiger partial charge in [-0.25, -0.2) is 13.1 Å². The predicted octanol–water partition coefficient (Wildman–Crippen LogP) is -0.563. The summed E-state index contributed by atoms with van der Waals surface area (Å²) in [6, 6.07) is 6.41. The van der Waals surface area contributed by atoms with Crippen molar-refractivity contribution in [3.05, 3.63) is 34.6 Å². The standard InChI is InChI=1S/C14H16N4O4S/c1-17(10-6-7-23(21,22)9-10)13(19)8-18-14(20)11-4-2-3-5-12(11)15-16-18/h2-5,10H,6-9H2,1H3/t10-/m1/s1. The Morgan fingerprint density at radius 1 is 1.39 bits per heavy atom. The zero-order chi connectivity index (χ0) is 16.6.